The lowest BCUT2D eigenvalue weighted by molar-refractivity contribution is 0.0599. The minimum absolute atomic E-state index is 0.0407. The molecule has 0 saturated heterocycles. The minimum Gasteiger partial charge on any atom is -0.491 e. The van der Waals surface area contributed by atoms with Crippen LogP contribution in [0.3, 0.4) is 0 Å². The zero-order valence-electron chi connectivity index (χ0n) is 22.2. The van der Waals surface area contributed by atoms with E-state index in [-0.39, 0.29) is 11.1 Å². The molecule has 7 heteroatoms. The topological polar surface area (TPSA) is 102 Å². The van der Waals surface area contributed by atoms with Gasteiger partial charge in [0.25, 0.3) is 5.91 Å². The highest BCUT2D eigenvalue weighted by molar-refractivity contribution is 6.11. The Bertz CT molecular complexity index is 1000. The molecule has 2 aromatic carbocycles. The number of aromatic carboxylic acids is 1. The highest BCUT2D eigenvalue weighted by atomic mass is 16.5. The van der Waals surface area contributed by atoms with E-state index in [2.05, 4.69) is 12.2 Å². The largest absolute Gasteiger partial charge is 0.491 e. The van der Waals surface area contributed by atoms with Crippen molar-refractivity contribution < 1.29 is 29.0 Å². The summed E-state index contributed by atoms with van der Waals surface area (Å²) in [6.07, 6.45) is 14.9. The van der Waals surface area contributed by atoms with Crippen LogP contribution in [0.1, 0.15) is 115 Å². The Kier molecular flexibility index (Phi) is 13.9. The summed E-state index contributed by atoms with van der Waals surface area (Å²) < 4.78 is 10.7. The van der Waals surface area contributed by atoms with Gasteiger partial charge in [-0.15, -0.1) is 0 Å². The first-order chi connectivity index (χ1) is 18.0. The second kappa shape index (κ2) is 17.2. The van der Waals surface area contributed by atoms with Gasteiger partial charge in [0.2, 0.25) is 0 Å². The molecule has 2 N–H and O–H groups in total. The molecule has 0 spiro atoms. The summed E-state index contributed by atoms with van der Waals surface area (Å²) >= 11 is 0. The Morgan fingerprint density at radius 3 is 1.92 bits per heavy atom. The molecule has 0 aliphatic heterocycles. The van der Waals surface area contributed by atoms with Gasteiger partial charge in [0.15, 0.2) is 0 Å². The third-order valence-electron chi connectivity index (χ3n) is 6.31. The van der Waals surface area contributed by atoms with Crippen molar-refractivity contribution in [3.63, 3.8) is 0 Å². The Balaban J connectivity index is 1.86. The first-order valence-corrected chi connectivity index (χ1v) is 13.5. The second-order valence-corrected chi connectivity index (χ2v) is 9.24. The number of carboxylic acid groups (broad SMARTS) is 1. The van der Waals surface area contributed by atoms with E-state index in [1.54, 1.807) is 18.2 Å². The van der Waals surface area contributed by atoms with Gasteiger partial charge in [0.05, 0.1) is 36.1 Å². The average molecular weight is 512 g/mol. The number of nitrogens with one attached hydrogen (secondary N) is 1. The summed E-state index contributed by atoms with van der Waals surface area (Å²) in [6, 6.07) is 10.6. The molecule has 1 amide bonds. The Morgan fingerprint density at radius 1 is 0.784 bits per heavy atom. The van der Waals surface area contributed by atoms with Gasteiger partial charge in [0, 0.05) is 0 Å². The maximum atomic E-state index is 12.8. The zero-order chi connectivity index (χ0) is 26.9. The van der Waals surface area contributed by atoms with Crippen molar-refractivity contribution in [2.24, 2.45) is 0 Å². The highest BCUT2D eigenvalue weighted by Gasteiger charge is 2.18. The van der Waals surface area contributed by atoms with E-state index in [9.17, 15) is 19.5 Å². The van der Waals surface area contributed by atoms with Crippen molar-refractivity contribution in [3.05, 3.63) is 59.2 Å². The fourth-order valence-electron chi connectivity index (χ4n) is 4.17. The van der Waals surface area contributed by atoms with Gasteiger partial charge < -0.3 is 19.9 Å². The molecular formula is C30H41NO6. The molecule has 202 valence electrons. The number of ether oxygens (including phenoxy) is 2. The summed E-state index contributed by atoms with van der Waals surface area (Å²) in [5.41, 5.74) is 0.608. The molecule has 0 bridgehead atoms. The third kappa shape index (κ3) is 10.7. The van der Waals surface area contributed by atoms with Gasteiger partial charge >= 0.3 is 11.9 Å². The maximum absolute atomic E-state index is 12.8. The van der Waals surface area contributed by atoms with Gasteiger partial charge in [0.1, 0.15) is 5.75 Å². The van der Waals surface area contributed by atoms with E-state index < -0.39 is 17.8 Å². The summed E-state index contributed by atoms with van der Waals surface area (Å²) in [6.45, 7) is 2.68. The Morgan fingerprint density at radius 2 is 1.35 bits per heavy atom. The molecule has 0 unspecified atom stereocenters. The number of anilines is 1. The molecular weight excluding hydrogens is 470 g/mol. The van der Waals surface area contributed by atoms with E-state index in [1.807, 2.05) is 0 Å². The molecule has 2 rings (SSSR count). The fourth-order valence-corrected chi connectivity index (χ4v) is 4.17. The Hall–Kier alpha value is -3.35. The molecule has 0 atom stereocenters. The van der Waals surface area contributed by atoms with E-state index in [0.29, 0.717) is 23.6 Å². The predicted octanol–water partition coefficient (Wildman–Crippen LogP) is 7.50. The van der Waals surface area contributed by atoms with Gasteiger partial charge in [-0.05, 0) is 36.8 Å². The van der Waals surface area contributed by atoms with Crippen LogP contribution in [0, 0.1) is 0 Å². The summed E-state index contributed by atoms with van der Waals surface area (Å²) in [5, 5.41) is 12.1. The van der Waals surface area contributed by atoms with Crippen molar-refractivity contribution in [3.8, 4) is 5.75 Å². The molecule has 0 radical (unpaired) electrons. The predicted molar refractivity (Wildman–Crippen MR) is 146 cm³/mol. The standard InChI is InChI=1S/C30H41NO6/c1-3-4-5-6-7-8-9-10-11-12-13-16-21-37-27-22-23(30(35)36-2)19-20-26(27)31-28(32)24-17-14-15-18-25(24)29(33)34/h14-15,17-20,22H,3-13,16,21H2,1-2H3,(H,31,32)(H,33,34). The van der Waals surface area contributed by atoms with Crippen molar-refractivity contribution in [1.82, 2.24) is 0 Å². The maximum Gasteiger partial charge on any atom is 0.337 e. The van der Waals surface area contributed by atoms with Crippen LogP contribution >= 0.6 is 0 Å². The molecule has 0 aliphatic rings. The van der Waals surface area contributed by atoms with Crippen molar-refractivity contribution in [1.29, 1.82) is 0 Å². The van der Waals surface area contributed by atoms with Crippen LogP contribution in [0.2, 0.25) is 0 Å². The van der Waals surface area contributed by atoms with Crippen LogP contribution in [-0.4, -0.2) is 36.7 Å². The van der Waals surface area contributed by atoms with Crippen LogP contribution in [0.5, 0.6) is 5.75 Å². The van der Waals surface area contributed by atoms with Gasteiger partial charge in [-0.3, -0.25) is 4.79 Å². The number of hydrogen-bond acceptors (Lipinski definition) is 5. The normalized spacial score (nSPS) is 10.6. The average Bonchev–Trinajstić information content (AvgIpc) is 2.91. The lowest BCUT2D eigenvalue weighted by Crippen LogP contribution is -2.17. The lowest BCUT2D eigenvalue weighted by Gasteiger charge is -2.14. The summed E-state index contributed by atoms with van der Waals surface area (Å²) in [4.78, 5) is 36.3. The van der Waals surface area contributed by atoms with E-state index >= 15 is 0 Å². The first kappa shape index (κ1) is 29.9. The van der Waals surface area contributed by atoms with Crippen LogP contribution in [0.25, 0.3) is 0 Å². The number of unbranched alkanes of at least 4 members (excludes halogenated alkanes) is 11. The minimum atomic E-state index is -1.18. The van der Waals surface area contributed by atoms with Crippen molar-refractivity contribution in [2.45, 2.75) is 84.0 Å². The van der Waals surface area contributed by atoms with Gasteiger partial charge in [-0.25, -0.2) is 9.59 Å². The van der Waals surface area contributed by atoms with Crippen LogP contribution in [-0.2, 0) is 4.74 Å². The Labute approximate surface area is 220 Å². The van der Waals surface area contributed by atoms with Crippen molar-refractivity contribution >= 4 is 23.5 Å². The second-order valence-electron chi connectivity index (χ2n) is 9.24. The first-order valence-electron chi connectivity index (χ1n) is 13.5. The highest BCUT2D eigenvalue weighted by Crippen LogP contribution is 2.28. The van der Waals surface area contributed by atoms with E-state index in [1.165, 1.54) is 89.2 Å². The molecule has 0 fully saturated rings. The number of benzene rings is 2. The number of hydrogen-bond donors (Lipinski definition) is 2. The number of methoxy groups -OCH3 is 1. The quantitative estimate of drug-likeness (QED) is 0.159. The van der Waals surface area contributed by atoms with Crippen LogP contribution in [0.15, 0.2) is 42.5 Å². The third-order valence-corrected chi connectivity index (χ3v) is 6.31. The smallest absolute Gasteiger partial charge is 0.337 e. The van der Waals surface area contributed by atoms with Crippen LogP contribution < -0.4 is 10.1 Å². The SMILES string of the molecule is CCCCCCCCCCCCCCOc1cc(C(=O)OC)ccc1NC(=O)c1ccccc1C(=O)O. The molecule has 0 heterocycles. The number of carbonyl (C=O) groups excluding carboxylic acids is 2. The molecule has 37 heavy (non-hydrogen) atoms. The summed E-state index contributed by atoms with van der Waals surface area (Å²) in [5.74, 6) is -1.93. The number of amides is 1. The van der Waals surface area contributed by atoms with E-state index in [4.69, 9.17) is 9.47 Å². The van der Waals surface area contributed by atoms with Gasteiger partial charge in [-0.1, -0.05) is 89.7 Å². The summed E-state index contributed by atoms with van der Waals surface area (Å²) in [7, 11) is 1.30. The zero-order valence-corrected chi connectivity index (χ0v) is 22.2. The molecule has 2 aromatic rings. The van der Waals surface area contributed by atoms with E-state index in [0.717, 1.165) is 19.3 Å². The van der Waals surface area contributed by atoms with Gasteiger partial charge in [-0.2, -0.15) is 0 Å². The number of esters is 1. The lowest BCUT2D eigenvalue weighted by atomic mass is 10.1. The molecule has 7 nitrogen and oxygen atoms in total. The number of carboxylic acids is 1. The fraction of sp³-hybridized carbons (Fsp3) is 0.500. The number of rotatable bonds is 18. The van der Waals surface area contributed by atoms with Crippen molar-refractivity contribution in [2.75, 3.05) is 19.0 Å². The van der Waals surface area contributed by atoms with Crippen LogP contribution in [0.4, 0.5) is 5.69 Å². The molecule has 0 saturated carbocycles. The monoisotopic (exact) mass is 511 g/mol. The number of carbonyl (C=O) groups is 3. The molecule has 0 aliphatic carbocycles. The molecule has 0 aromatic heterocycles.